The van der Waals surface area contributed by atoms with E-state index in [4.69, 9.17) is 10.00 Å². The van der Waals surface area contributed by atoms with E-state index < -0.39 is 0 Å². The van der Waals surface area contributed by atoms with Crippen LogP contribution in [0.15, 0.2) is 29.4 Å². The van der Waals surface area contributed by atoms with Crippen molar-refractivity contribution in [3.63, 3.8) is 0 Å². The Kier molecular flexibility index (Phi) is 5.19. The normalized spacial score (nSPS) is 15.3. The molecule has 0 saturated heterocycles. The Morgan fingerprint density at radius 1 is 1.22 bits per heavy atom. The molecule has 6 heteroatoms. The van der Waals surface area contributed by atoms with Gasteiger partial charge in [-0.2, -0.15) is 5.26 Å². The Hall–Kier alpha value is -2.00. The largest absolute Gasteiger partial charge is 0.497 e. The van der Waals surface area contributed by atoms with E-state index in [2.05, 4.69) is 20.8 Å². The Bertz CT molecular complexity index is 684. The molecule has 23 heavy (non-hydrogen) atoms. The van der Waals surface area contributed by atoms with Gasteiger partial charge < -0.3 is 4.74 Å². The van der Waals surface area contributed by atoms with Crippen LogP contribution < -0.4 is 4.74 Å². The van der Waals surface area contributed by atoms with Crippen molar-refractivity contribution in [2.24, 2.45) is 0 Å². The molecular formula is C17H20N4OS. The summed E-state index contributed by atoms with van der Waals surface area (Å²) in [6.07, 6.45) is 6.10. The summed E-state index contributed by atoms with van der Waals surface area (Å²) in [6.45, 7) is 0. The number of ether oxygens (including phenoxy) is 1. The molecule has 0 aliphatic heterocycles. The highest BCUT2D eigenvalue weighted by Crippen LogP contribution is 2.35. The van der Waals surface area contributed by atoms with Crippen LogP contribution in [0.3, 0.4) is 0 Å². The monoisotopic (exact) mass is 328 g/mol. The quantitative estimate of drug-likeness (QED) is 0.774. The van der Waals surface area contributed by atoms with Crippen LogP contribution in [0.4, 0.5) is 0 Å². The van der Waals surface area contributed by atoms with Crippen molar-refractivity contribution in [3.8, 4) is 23.2 Å². The van der Waals surface area contributed by atoms with E-state index in [1.54, 1.807) is 7.11 Å². The van der Waals surface area contributed by atoms with E-state index in [-0.39, 0.29) is 0 Å². The second-order valence-corrected chi connectivity index (χ2v) is 6.59. The SMILES string of the molecule is COc1ccc(-c2nnc(SCC#N)n2C2CCCCC2)cc1. The molecule has 120 valence electrons. The van der Waals surface area contributed by atoms with Crippen LogP contribution in [-0.2, 0) is 0 Å². The molecule has 1 aliphatic rings. The molecule has 0 bridgehead atoms. The standard InChI is InChI=1S/C17H20N4OS/c1-22-15-9-7-13(8-10-15)16-19-20-17(23-12-11-18)21(16)14-5-3-2-4-6-14/h7-10,14H,2-6,12H2,1H3. The van der Waals surface area contributed by atoms with Crippen LogP contribution >= 0.6 is 11.8 Å². The van der Waals surface area contributed by atoms with E-state index in [9.17, 15) is 0 Å². The number of hydrogen-bond donors (Lipinski definition) is 0. The first-order valence-electron chi connectivity index (χ1n) is 7.92. The summed E-state index contributed by atoms with van der Waals surface area (Å²) < 4.78 is 7.47. The highest BCUT2D eigenvalue weighted by Gasteiger charge is 2.23. The minimum Gasteiger partial charge on any atom is -0.497 e. The third-order valence-electron chi connectivity index (χ3n) is 4.22. The van der Waals surface area contributed by atoms with Crippen molar-refractivity contribution in [1.29, 1.82) is 5.26 Å². The number of nitrogens with zero attached hydrogens (tertiary/aromatic N) is 4. The third-order valence-corrected chi connectivity index (χ3v) is 5.03. The second-order valence-electron chi connectivity index (χ2n) is 5.64. The number of thioether (sulfide) groups is 1. The van der Waals surface area contributed by atoms with E-state index in [0.29, 0.717) is 11.8 Å². The van der Waals surface area contributed by atoms with Crippen molar-refractivity contribution in [3.05, 3.63) is 24.3 Å². The summed E-state index contributed by atoms with van der Waals surface area (Å²) in [5.41, 5.74) is 1.03. The van der Waals surface area contributed by atoms with Gasteiger partial charge in [-0.15, -0.1) is 10.2 Å². The Labute approximate surface area is 140 Å². The summed E-state index contributed by atoms with van der Waals surface area (Å²) in [6, 6.07) is 10.5. The molecule has 0 amide bonds. The van der Waals surface area contributed by atoms with Gasteiger partial charge in [-0.05, 0) is 37.1 Å². The molecule has 0 N–H and O–H groups in total. The maximum absolute atomic E-state index is 8.87. The van der Waals surface area contributed by atoms with Crippen LogP contribution in [0.25, 0.3) is 11.4 Å². The fourth-order valence-corrected chi connectivity index (χ4v) is 3.74. The molecule has 2 aromatic rings. The van der Waals surface area contributed by atoms with Gasteiger partial charge >= 0.3 is 0 Å². The van der Waals surface area contributed by atoms with E-state index in [1.807, 2.05) is 24.3 Å². The third kappa shape index (κ3) is 3.50. The number of aromatic nitrogens is 3. The van der Waals surface area contributed by atoms with Crippen LogP contribution in [0.2, 0.25) is 0 Å². The molecule has 0 spiro atoms. The van der Waals surface area contributed by atoms with Gasteiger partial charge in [0.15, 0.2) is 11.0 Å². The maximum Gasteiger partial charge on any atom is 0.192 e. The highest BCUT2D eigenvalue weighted by atomic mass is 32.2. The molecule has 3 rings (SSSR count). The molecule has 1 aromatic carbocycles. The molecule has 0 unspecified atom stereocenters. The number of rotatable bonds is 5. The predicted molar refractivity (Wildman–Crippen MR) is 90.5 cm³/mol. The Morgan fingerprint density at radius 3 is 2.61 bits per heavy atom. The number of nitriles is 1. The average molecular weight is 328 g/mol. The molecule has 0 radical (unpaired) electrons. The van der Waals surface area contributed by atoms with Gasteiger partial charge in [0, 0.05) is 11.6 Å². The first kappa shape index (κ1) is 15.9. The van der Waals surface area contributed by atoms with E-state index in [1.165, 1.54) is 31.0 Å². The van der Waals surface area contributed by atoms with Crippen LogP contribution in [0, 0.1) is 11.3 Å². The van der Waals surface area contributed by atoms with Gasteiger partial charge in [-0.3, -0.25) is 4.57 Å². The van der Waals surface area contributed by atoms with Crippen molar-refractivity contribution >= 4 is 11.8 Å². The van der Waals surface area contributed by atoms with Gasteiger partial charge in [-0.25, -0.2) is 0 Å². The topological polar surface area (TPSA) is 63.7 Å². The lowest BCUT2D eigenvalue weighted by Crippen LogP contribution is -2.15. The van der Waals surface area contributed by atoms with Crippen molar-refractivity contribution in [2.75, 3.05) is 12.9 Å². The van der Waals surface area contributed by atoms with E-state index in [0.717, 1.165) is 35.1 Å². The molecule has 1 fully saturated rings. The molecule has 1 heterocycles. The lowest BCUT2D eigenvalue weighted by Gasteiger charge is -2.25. The molecule has 0 atom stereocenters. The summed E-state index contributed by atoms with van der Waals surface area (Å²) >= 11 is 1.47. The lowest BCUT2D eigenvalue weighted by molar-refractivity contribution is 0.339. The zero-order valence-corrected chi connectivity index (χ0v) is 14.1. The smallest absolute Gasteiger partial charge is 0.192 e. The highest BCUT2D eigenvalue weighted by molar-refractivity contribution is 7.99. The number of methoxy groups -OCH3 is 1. The summed E-state index contributed by atoms with van der Waals surface area (Å²) in [7, 11) is 1.66. The summed E-state index contributed by atoms with van der Waals surface area (Å²) in [5.74, 6) is 2.12. The number of hydrogen-bond acceptors (Lipinski definition) is 5. The second kappa shape index (κ2) is 7.51. The van der Waals surface area contributed by atoms with Gasteiger partial charge in [0.05, 0.1) is 18.9 Å². The van der Waals surface area contributed by atoms with Crippen LogP contribution in [0.1, 0.15) is 38.1 Å². The van der Waals surface area contributed by atoms with Crippen molar-refractivity contribution in [2.45, 2.75) is 43.3 Å². The van der Waals surface area contributed by atoms with Crippen LogP contribution in [0.5, 0.6) is 5.75 Å². The van der Waals surface area contributed by atoms with Crippen molar-refractivity contribution in [1.82, 2.24) is 14.8 Å². The molecule has 1 aliphatic carbocycles. The summed E-state index contributed by atoms with van der Waals surface area (Å²) in [4.78, 5) is 0. The van der Waals surface area contributed by atoms with Crippen molar-refractivity contribution < 1.29 is 4.74 Å². The zero-order chi connectivity index (χ0) is 16.1. The van der Waals surface area contributed by atoms with Gasteiger partial charge in [0.25, 0.3) is 0 Å². The molecule has 1 aromatic heterocycles. The van der Waals surface area contributed by atoms with Crippen LogP contribution in [-0.4, -0.2) is 27.6 Å². The molecule has 1 saturated carbocycles. The van der Waals surface area contributed by atoms with Gasteiger partial charge in [0.2, 0.25) is 0 Å². The Balaban J connectivity index is 1.97. The molecule has 5 nitrogen and oxygen atoms in total. The maximum atomic E-state index is 8.87. The van der Waals surface area contributed by atoms with Gasteiger partial charge in [-0.1, -0.05) is 31.0 Å². The average Bonchev–Trinajstić information content (AvgIpc) is 3.04. The first-order valence-corrected chi connectivity index (χ1v) is 8.91. The Morgan fingerprint density at radius 2 is 1.96 bits per heavy atom. The summed E-state index contributed by atoms with van der Waals surface area (Å²) in [5, 5.41) is 18.5. The predicted octanol–water partition coefficient (Wildman–Crippen LogP) is 4.07. The zero-order valence-electron chi connectivity index (χ0n) is 13.2. The van der Waals surface area contributed by atoms with Gasteiger partial charge in [0.1, 0.15) is 5.75 Å². The minimum absolute atomic E-state index is 0.396. The number of benzene rings is 1. The lowest BCUT2D eigenvalue weighted by atomic mass is 9.95. The van der Waals surface area contributed by atoms with E-state index >= 15 is 0 Å². The fraction of sp³-hybridized carbons (Fsp3) is 0.471. The first-order chi connectivity index (χ1) is 11.3. The minimum atomic E-state index is 0.396. The molecular weight excluding hydrogens is 308 g/mol. The fourth-order valence-electron chi connectivity index (χ4n) is 3.08.